The van der Waals surface area contributed by atoms with Crippen LogP contribution in [0, 0.1) is 11.8 Å². The van der Waals surface area contributed by atoms with E-state index in [-0.39, 0.29) is 33.7 Å². The maximum atomic E-state index is 12.4. The maximum absolute atomic E-state index is 12.4. The Hall–Kier alpha value is -0.970. The Balaban J connectivity index is 1.88. The smallest absolute Gasteiger partial charge is 0.252 e. The van der Waals surface area contributed by atoms with Gasteiger partial charge in [0.05, 0.1) is 27.6 Å². The van der Waals surface area contributed by atoms with Gasteiger partial charge in [-0.2, -0.15) is 5.01 Å². The molecule has 2 amide bonds. The molecule has 1 saturated heterocycles. The summed E-state index contributed by atoms with van der Waals surface area (Å²) in [5.74, 6) is -0.842. The number of halogens is 3. The van der Waals surface area contributed by atoms with Crippen LogP contribution < -0.4 is 5.43 Å². The molecule has 7 heteroatoms. The number of hydrogen-bond acceptors (Lipinski definition) is 3. The molecule has 2 aliphatic rings. The van der Waals surface area contributed by atoms with Crippen LogP contribution >= 0.6 is 34.8 Å². The van der Waals surface area contributed by atoms with Gasteiger partial charge < -0.3 is 0 Å². The highest BCUT2D eigenvalue weighted by Gasteiger charge is 2.48. The molecular weight excluding hydrogens is 335 g/mol. The zero-order chi connectivity index (χ0) is 15.1. The van der Waals surface area contributed by atoms with Crippen LogP contribution in [0.25, 0.3) is 0 Å². The fourth-order valence-electron chi connectivity index (χ4n) is 3.03. The van der Waals surface area contributed by atoms with Crippen LogP contribution in [0.4, 0.5) is 5.69 Å². The van der Waals surface area contributed by atoms with Gasteiger partial charge in [0.1, 0.15) is 0 Å². The Kier molecular flexibility index (Phi) is 4.04. The van der Waals surface area contributed by atoms with Crippen LogP contribution in [0.5, 0.6) is 0 Å². The van der Waals surface area contributed by atoms with Crippen molar-refractivity contribution in [3.8, 4) is 0 Å². The van der Waals surface area contributed by atoms with E-state index >= 15 is 0 Å². The number of anilines is 1. The van der Waals surface area contributed by atoms with Crippen molar-refractivity contribution in [2.24, 2.45) is 11.8 Å². The number of rotatable bonds is 2. The Bertz CT molecular complexity index is 573. The number of nitrogens with zero attached hydrogens (tertiary/aromatic N) is 1. The third-order valence-corrected chi connectivity index (χ3v) is 4.89. The first-order chi connectivity index (χ1) is 9.99. The van der Waals surface area contributed by atoms with E-state index < -0.39 is 0 Å². The lowest BCUT2D eigenvalue weighted by Crippen LogP contribution is -2.36. The molecule has 0 radical (unpaired) electrons. The second-order valence-corrected chi connectivity index (χ2v) is 6.62. The van der Waals surface area contributed by atoms with Crippen molar-refractivity contribution in [1.82, 2.24) is 5.01 Å². The molecule has 1 N–H and O–H groups in total. The molecule has 1 aromatic rings. The van der Waals surface area contributed by atoms with Gasteiger partial charge in [-0.15, -0.1) is 0 Å². The summed E-state index contributed by atoms with van der Waals surface area (Å²) in [6.45, 7) is 0. The Morgan fingerprint density at radius 1 is 0.952 bits per heavy atom. The summed E-state index contributed by atoms with van der Waals surface area (Å²) in [6, 6.07) is 3.02. The predicted molar refractivity (Wildman–Crippen MR) is 82.4 cm³/mol. The van der Waals surface area contributed by atoms with Gasteiger partial charge in [0.25, 0.3) is 11.8 Å². The molecule has 1 aromatic carbocycles. The molecule has 21 heavy (non-hydrogen) atoms. The minimum Gasteiger partial charge on any atom is -0.286 e. The summed E-state index contributed by atoms with van der Waals surface area (Å²) < 4.78 is 0. The lowest BCUT2D eigenvalue weighted by Gasteiger charge is -2.19. The van der Waals surface area contributed by atoms with Crippen molar-refractivity contribution >= 4 is 52.3 Å². The number of amides is 2. The fraction of sp³-hybridized carbons (Fsp3) is 0.429. The highest BCUT2D eigenvalue weighted by molar-refractivity contribution is 6.41. The second-order valence-electron chi connectivity index (χ2n) is 5.37. The molecule has 1 saturated carbocycles. The molecule has 1 aliphatic heterocycles. The Labute approximate surface area is 137 Å². The Morgan fingerprint density at radius 2 is 1.43 bits per heavy atom. The fourth-order valence-corrected chi connectivity index (χ4v) is 3.93. The standard InChI is InChI=1S/C14H13Cl3N2O2/c15-7-5-10(16)12(11(17)6-7)18-19-13(20)8-3-1-2-4-9(8)14(19)21/h5-6,8-9,18H,1-4H2/t8-,9-/m1/s1. The van der Waals surface area contributed by atoms with Crippen LogP contribution in [0.15, 0.2) is 12.1 Å². The van der Waals surface area contributed by atoms with Gasteiger partial charge in [0.2, 0.25) is 0 Å². The third kappa shape index (κ3) is 2.60. The molecule has 0 aromatic heterocycles. The van der Waals surface area contributed by atoms with Gasteiger partial charge in [-0.25, -0.2) is 0 Å². The van der Waals surface area contributed by atoms with Crippen LogP contribution in [0.3, 0.4) is 0 Å². The number of fused-ring (bicyclic) bond motifs is 1. The topological polar surface area (TPSA) is 49.4 Å². The average molecular weight is 348 g/mol. The third-order valence-electron chi connectivity index (χ3n) is 4.07. The predicted octanol–water partition coefficient (Wildman–Crippen LogP) is 4.15. The maximum Gasteiger partial charge on any atom is 0.252 e. The van der Waals surface area contributed by atoms with Gasteiger partial charge >= 0.3 is 0 Å². The van der Waals surface area contributed by atoms with Gasteiger partial charge in [-0.05, 0) is 25.0 Å². The average Bonchev–Trinajstić information content (AvgIpc) is 2.67. The number of nitrogens with one attached hydrogen (secondary N) is 1. The molecule has 1 heterocycles. The summed E-state index contributed by atoms with van der Waals surface area (Å²) in [7, 11) is 0. The summed E-state index contributed by atoms with van der Waals surface area (Å²) in [6.07, 6.45) is 3.48. The molecule has 2 fully saturated rings. The first kappa shape index (κ1) is 14.9. The van der Waals surface area contributed by atoms with Crippen molar-refractivity contribution in [2.75, 3.05) is 5.43 Å². The van der Waals surface area contributed by atoms with E-state index in [9.17, 15) is 9.59 Å². The number of benzene rings is 1. The molecule has 112 valence electrons. The van der Waals surface area contributed by atoms with Crippen molar-refractivity contribution in [3.05, 3.63) is 27.2 Å². The minimum atomic E-state index is -0.219. The molecule has 3 rings (SSSR count). The molecule has 4 nitrogen and oxygen atoms in total. The highest BCUT2D eigenvalue weighted by Crippen LogP contribution is 2.40. The van der Waals surface area contributed by atoms with Crippen molar-refractivity contribution in [1.29, 1.82) is 0 Å². The second kappa shape index (κ2) is 5.67. The summed E-state index contributed by atoms with van der Waals surface area (Å²) in [5.41, 5.74) is 3.09. The van der Waals surface area contributed by atoms with Gasteiger partial charge in [0, 0.05) is 5.02 Å². The highest BCUT2D eigenvalue weighted by atomic mass is 35.5. The van der Waals surface area contributed by atoms with Crippen molar-refractivity contribution < 1.29 is 9.59 Å². The van der Waals surface area contributed by atoms with Crippen LogP contribution in [0.2, 0.25) is 15.1 Å². The normalized spacial score (nSPS) is 25.2. The lowest BCUT2D eigenvalue weighted by molar-refractivity contribution is -0.138. The minimum absolute atomic E-state index is 0.202. The monoisotopic (exact) mass is 346 g/mol. The van der Waals surface area contributed by atoms with Crippen molar-refractivity contribution in [3.63, 3.8) is 0 Å². The van der Waals surface area contributed by atoms with E-state index in [1.165, 1.54) is 12.1 Å². The molecule has 0 bridgehead atoms. The number of hydrogen-bond donors (Lipinski definition) is 1. The van der Waals surface area contributed by atoms with E-state index in [1.54, 1.807) is 0 Å². The molecule has 0 unspecified atom stereocenters. The zero-order valence-electron chi connectivity index (χ0n) is 11.0. The van der Waals surface area contributed by atoms with Gasteiger partial charge in [-0.1, -0.05) is 47.6 Å². The number of carbonyl (C=O) groups is 2. The van der Waals surface area contributed by atoms with E-state index in [2.05, 4.69) is 5.43 Å². The molecule has 1 aliphatic carbocycles. The molecule has 2 atom stereocenters. The quantitative estimate of drug-likeness (QED) is 0.818. The van der Waals surface area contributed by atoms with Crippen LogP contribution in [0.1, 0.15) is 25.7 Å². The number of carbonyl (C=O) groups excluding carboxylic acids is 2. The van der Waals surface area contributed by atoms with Crippen LogP contribution in [-0.2, 0) is 9.59 Å². The largest absolute Gasteiger partial charge is 0.286 e. The summed E-state index contributed by atoms with van der Waals surface area (Å²) >= 11 is 18.0. The lowest BCUT2D eigenvalue weighted by atomic mass is 9.81. The zero-order valence-corrected chi connectivity index (χ0v) is 13.3. The van der Waals surface area contributed by atoms with Crippen molar-refractivity contribution in [2.45, 2.75) is 25.7 Å². The van der Waals surface area contributed by atoms with Gasteiger partial charge in [0.15, 0.2) is 0 Å². The first-order valence-corrected chi connectivity index (χ1v) is 7.91. The molecular formula is C14H13Cl3N2O2. The number of hydrazine groups is 1. The Morgan fingerprint density at radius 3 is 1.90 bits per heavy atom. The SMILES string of the molecule is O=C1[C@@H]2CCCC[C@H]2C(=O)N1Nc1c(Cl)cc(Cl)cc1Cl. The van der Waals surface area contributed by atoms with E-state index in [0.717, 1.165) is 30.7 Å². The van der Waals surface area contributed by atoms with E-state index in [1.807, 2.05) is 0 Å². The van der Waals surface area contributed by atoms with Gasteiger partial charge in [-0.3, -0.25) is 15.0 Å². The molecule has 0 spiro atoms. The van der Waals surface area contributed by atoms with E-state index in [4.69, 9.17) is 34.8 Å². The first-order valence-electron chi connectivity index (χ1n) is 6.78. The summed E-state index contributed by atoms with van der Waals surface area (Å²) in [5, 5.41) is 1.98. The number of imide groups is 1. The van der Waals surface area contributed by atoms with Crippen LogP contribution in [-0.4, -0.2) is 16.8 Å². The summed E-state index contributed by atoms with van der Waals surface area (Å²) in [4.78, 5) is 24.7. The van der Waals surface area contributed by atoms with E-state index in [0.29, 0.717) is 10.7 Å².